The number of aromatic nitrogens is 3. The topological polar surface area (TPSA) is 77.3 Å². The van der Waals surface area contributed by atoms with Gasteiger partial charge in [-0.1, -0.05) is 41.1 Å². The Kier molecular flexibility index (Phi) is 5.80. The van der Waals surface area contributed by atoms with Gasteiger partial charge in [-0.15, -0.1) is 0 Å². The number of aryl methyl sites for hydroxylation is 1. The van der Waals surface area contributed by atoms with Gasteiger partial charge in [-0.3, -0.25) is 14.2 Å². The largest absolute Gasteiger partial charge is 0.467 e. The molecule has 0 unspecified atom stereocenters. The van der Waals surface area contributed by atoms with E-state index >= 15 is 0 Å². The van der Waals surface area contributed by atoms with Gasteiger partial charge in [0.1, 0.15) is 11.6 Å². The molecule has 3 heterocycles. The molecule has 0 atom stereocenters. The Hall–Kier alpha value is -2.97. The molecule has 0 spiro atoms. The first-order chi connectivity index (χ1) is 15.6. The number of thiazole rings is 1. The lowest BCUT2D eigenvalue weighted by Crippen LogP contribution is -2.42. The van der Waals surface area contributed by atoms with Crippen molar-refractivity contribution in [3.05, 3.63) is 64.2 Å². The van der Waals surface area contributed by atoms with Crippen molar-refractivity contribution in [2.24, 2.45) is 0 Å². The Morgan fingerprint density at radius 1 is 1.16 bits per heavy atom. The molecule has 4 aromatic rings. The molecule has 9 heteroatoms. The SMILES string of the molecule is O=C(CCn1cnc2ccccc2c1=O)N1CCC(Oc2nc3c(Cl)cccc3s2)CC1. The fourth-order valence-electron chi connectivity index (χ4n) is 3.95. The summed E-state index contributed by atoms with van der Waals surface area (Å²) in [7, 11) is 0. The van der Waals surface area contributed by atoms with E-state index in [1.54, 1.807) is 12.1 Å². The molecule has 164 valence electrons. The van der Waals surface area contributed by atoms with Gasteiger partial charge in [-0.2, -0.15) is 0 Å². The third-order valence-electron chi connectivity index (χ3n) is 5.71. The maximum Gasteiger partial charge on any atom is 0.274 e. The van der Waals surface area contributed by atoms with Crippen molar-refractivity contribution in [2.75, 3.05) is 13.1 Å². The van der Waals surface area contributed by atoms with E-state index in [4.69, 9.17) is 16.3 Å². The van der Waals surface area contributed by atoms with Gasteiger partial charge in [0, 0.05) is 38.9 Å². The third kappa shape index (κ3) is 4.20. The van der Waals surface area contributed by atoms with E-state index < -0.39 is 0 Å². The van der Waals surface area contributed by atoms with E-state index in [1.165, 1.54) is 22.2 Å². The zero-order valence-electron chi connectivity index (χ0n) is 17.2. The summed E-state index contributed by atoms with van der Waals surface area (Å²) in [6.45, 7) is 1.57. The molecule has 2 aromatic carbocycles. The smallest absolute Gasteiger partial charge is 0.274 e. The number of amides is 1. The van der Waals surface area contributed by atoms with Gasteiger partial charge in [0.15, 0.2) is 0 Å². The number of likely N-dealkylation sites (tertiary alicyclic amines) is 1. The van der Waals surface area contributed by atoms with Gasteiger partial charge in [0.2, 0.25) is 5.91 Å². The Morgan fingerprint density at radius 3 is 2.78 bits per heavy atom. The standard InChI is InChI=1S/C23H21ClN4O3S/c24-17-5-3-7-19-21(17)26-23(32-19)31-15-8-11-27(12-9-15)20(29)10-13-28-14-25-18-6-2-1-4-16(18)22(28)30/h1-7,14-15H,8-13H2. The number of para-hydroxylation sites is 2. The van der Waals surface area contributed by atoms with E-state index in [2.05, 4.69) is 9.97 Å². The molecule has 0 bridgehead atoms. The molecule has 5 rings (SSSR count). The molecular formula is C23H21ClN4O3S. The number of halogens is 1. The summed E-state index contributed by atoms with van der Waals surface area (Å²) in [5.41, 5.74) is 1.31. The van der Waals surface area contributed by atoms with Crippen LogP contribution < -0.4 is 10.3 Å². The number of ether oxygens (including phenoxy) is 1. The number of fused-ring (bicyclic) bond motifs is 2. The quantitative estimate of drug-likeness (QED) is 0.440. The van der Waals surface area contributed by atoms with Crippen LogP contribution in [0.4, 0.5) is 0 Å². The number of benzene rings is 2. The predicted octanol–water partition coefficient (Wildman–Crippen LogP) is 4.12. The molecule has 1 amide bonds. The first-order valence-electron chi connectivity index (χ1n) is 10.5. The maximum absolute atomic E-state index is 12.7. The second-order valence-corrected chi connectivity index (χ2v) is 9.18. The first-order valence-corrected chi connectivity index (χ1v) is 11.7. The van der Waals surface area contributed by atoms with Crippen LogP contribution >= 0.6 is 22.9 Å². The first kappa shape index (κ1) is 20.9. The summed E-state index contributed by atoms with van der Waals surface area (Å²) in [6.07, 6.45) is 3.29. The Morgan fingerprint density at radius 2 is 1.97 bits per heavy atom. The number of hydrogen-bond donors (Lipinski definition) is 0. The fourth-order valence-corrected chi connectivity index (χ4v) is 5.13. The van der Waals surface area contributed by atoms with Crippen molar-refractivity contribution in [1.29, 1.82) is 0 Å². The van der Waals surface area contributed by atoms with Crippen LogP contribution in [0, 0.1) is 0 Å². The zero-order valence-corrected chi connectivity index (χ0v) is 18.8. The highest BCUT2D eigenvalue weighted by molar-refractivity contribution is 7.20. The van der Waals surface area contributed by atoms with Crippen molar-refractivity contribution in [3.63, 3.8) is 0 Å². The molecule has 0 saturated carbocycles. The second kappa shape index (κ2) is 8.88. The number of piperidine rings is 1. The summed E-state index contributed by atoms with van der Waals surface area (Å²) >= 11 is 7.68. The third-order valence-corrected chi connectivity index (χ3v) is 6.93. The molecule has 0 N–H and O–H groups in total. The van der Waals surface area contributed by atoms with Crippen molar-refractivity contribution in [2.45, 2.75) is 31.9 Å². The van der Waals surface area contributed by atoms with Gasteiger partial charge >= 0.3 is 0 Å². The van der Waals surface area contributed by atoms with Gasteiger partial charge in [0.05, 0.1) is 27.0 Å². The highest BCUT2D eigenvalue weighted by atomic mass is 35.5. The molecule has 7 nitrogen and oxygen atoms in total. The molecule has 1 aliphatic rings. The van der Waals surface area contributed by atoms with E-state index in [1.807, 2.05) is 35.2 Å². The van der Waals surface area contributed by atoms with E-state index in [-0.39, 0.29) is 24.0 Å². The lowest BCUT2D eigenvalue weighted by Gasteiger charge is -2.31. The molecule has 1 fully saturated rings. The zero-order chi connectivity index (χ0) is 22.1. The Balaban J connectivity index is 1.15. The van der Waals surface area contributed by atoms with Crippen LogP contribution in [0.15, 0.2) is 53.6 Å². The van der Waals surface area contributed by atoms with Crippen molar-refractivity contribution in [3.8, 4) is 5.19 Å². The summed E-state index contributed by atoms with van der Waals surface area (Å²) in [4.78, 5) is 35.9. The molecular weight excluding hydrogens is 448 g/mol. The molecule has 1 saturated heterocycles. The van der Waals surface area contributed by atoms with Gasteiger partial charge < -0.3 is 9.64 Å². The molecule has 1 aliphatic heterocycles. The molecule has 0 aliphatic carbocycles. The number of hydrogen-bond acceptors (Lipinski definition) is 6. The van der Waals surface area contributed by atoms with Crippen LogP contribution in [0.25, 0.3) is 21.1 Å². The average molecular weight is 469 g/mol. The molecule has 2 aromatic heterocycles. The second-order valence-electron chi connectivity index (χ2n) is 7.77. The van der Waals surface area contributed by atoms with E-state index in [0.29, 0.717) is 40.8 Å². The minimum atomic E-state index is -0.119. The average Bonchev–Trinajstić information content (AvgIpc) is 3.23. The highest BCUT2D eigenvalue weighted by Gasteiger charge is 2.25. The summed E-state index contributed by atoms with van der Waals surface area (Å²) in [5, 5.41) is 1.80. The summed E-state index contributed by atoms with van der Waals surface area (Å²) in [5.74, 6) is 0.0373. The maximum atomic E-state index is 12.7. The minimum Gasteiger partial charge on any atom is -0.467 e. The fraction of sp³-hybridized carbons (Fsp3) is 0.304. The van der Waals surface area contributed by atoms with Gasteiger partial charge in [-0.05, 0) is 24.3 Å². The Labute approximate surface area is 193 Å². The van der Waals surface area contributed by atoms with Crippen LogP contribution in [0.2, 0.25) is 5.02 Å². The van der Waals surface area contributed by atoms with Crippen LogP contribution in [0.1, 0.15) is 19.3 Å². The summed E-state index contributed by atoms with van der Waals surface area (Å²) < 4.78 is 8.57. The lowest BCUT2D eigenvalue weighted by atomic mass is 10.1. The normalized spacial score (nSPS) is 14.8. The molecule has 0 radical (unpaired) electrons. The minimum absolute atomic E-state index is 0.0192. The number of rotatable bonds is 5. The van der Waals surface area contributed by atoms with Gasteiger partial charge in [0.25, 0.3) is 10.8 Å². The van der Waals surface area contributed by atoms with Crippen LogP contribution in [-0.2, 0) is 11.3 Å². The van der Waals surface area contributed by atoms with E-state index in [9.17, 15) is 9.59 Å². The number of carbonyl (C=O) groups excluding carboxylic acids is 1. The van der Waals surface area contributed by atoms with Gasteiger partial charge in [-0.25, -0.2) is 9.97 Å². The van der Waals surface area contributed by atoms with Crippen molar-refractivity contribution in [1.82, 2.24) is 19.4 Å². The number of carbonyl (C=O) groups is 1. The van der Waals surface area contributed by atoms with Crippen LogP contribution in [0.5, 0.6) is 5.19 Å². The number of nitrogens with zero attached hydrogens (tertiary/aromatic N) is 4. The lowest BCUT2D eigenvalue weighted by molar-refractivity contribution is -0.133. The summed E-state index contributed by atoms with van der Waals surface area (Å²) in [6, 6.07) is 12.9. The molecule has 32 heavy (non-hydrogen) atoms. The predicted molar refractivity (Wildman–Crippen MR) is 125 cm³/mol. The monoisotopic (exact) mass is 468 g/mol. The van der Waals surface area contributed by atoms with Crippen molar-refractivity contribution < 1.29 is 9.53 Å². The van der Waals surface area contributed by atoms with Crippen LogP contribution in [-0.4, -0.2) is 44.5 Å². The highest BCUT2D eigenvalue weighted by Crippen LogP contribution is 2.33. The van der Waals surface area contributed by atoms with E-state index in [0.717, 1.165) is 23.1 Å². The van der Waals surface area contributed by atoms with Crippen LogP contribution in [0.3, 0.4) is 0 Å². The Bertz CT molecular complexity index is 1340. The van der Waals surface area contributed by atoms with Crippen molar-refractivity contribution >= 4 is 50.0 Å².